The average molecular weight is 737 g/mol. The molecule has 0 bridgehead atoms. The Hall–Kier alpha value is -1.59. The van der Waals surface area contributed by atoms with Gasteiger partial charge < -0.3 is 14.2 Å². The Kier molecular flexibility index (Phi) is 39.4. The normalized spacial score (nSPS) is 12.5. The lowest BCUT2D eigenvalue weighted by Gasteiger charge is -2.18. The largest absolute Gasteiger partial charge is 0.462 e. The Labute approximate surface area is 323 Å². The SMILES string of the molecule is CCCCCCCCCC(=O)O[C@H](COC(=O)CCCCCCC)COC(=O)CCCCCCCCCCCCCCCCCCCCC(C)CC. The maximum atomic E-state index is 12.5. The highest BCUT2D eigenvalue weighted by Gasteiger charge is 2.19. The van der Waals surface area contributed by atoms with Gasteiger partial charge in [0.05, 0.1) is 0 Å². The minimum absolute atomic E-state index is 0.0654. The summed E-state index contributed by atoms with van der Waals surface area (Å²) >= 11 is 0. The Morgan fingerprint density at radius 1 is 0.385 bits per heavy atom. The molecule has 0 aromatic rings. The molecule has 0 radical (unpaired) electrons. The quantitative estimate of drug-likeness (QED) is 0.0353. The van der Waals surface area contributed by atoms with Gasteiger partial charge in [0.25, 0.3) is 0 Å². The highest BCUT2D eigenvalue weighted by atomic mass is 16.6. The molecule has 0 fully saturated rings. The first kappa shape index (κ1) is 50.4. The number of carbonyl (C=O) groups excluding carboxylic acids is 3. The van der Waals surface area contributed by atoms with E-state index in [-0.39, 0.29) is 31.1 Å². The van der Waals surface area contributed by atoms with Crippen molar-refractivity contribution in [3.63, 3.8) is 0 Å². The third-order valence-electron chi connectivity index (χ3n) is 10.7. The van der Waals surface area contributed by atoms with Crippen molar-refractivity contribution < 1.29 is 28.6 Å². The molecule has 6 nitrogen and oxygen atoms in total. The topological polar surface area (TPSA) is 78.9 Å². The van der Waals surface area contributed by atoms with Crippen LogP contribution < -0.4 is 0 Å². The van der Waals surface area contributed by atoms with E-state index >= 15 is 0 Å². The molecule has 0 aromatic heterocycles. The number of rotatable bonds is 41. The maximum Gasteiger partial charge on any atom is 0.306 e. The fraction of sp³-hybridized carbons (Fsp3) is 0.935. The van der Waals surface area contributed by atoms with Crippen molar-refractivity contribution >= 4 is 17.9 Å². The van der Waals surface area contributed by atoms with Crippen molar-refractivity contribution in [2.75, 3.05) is 13.2 Å². The molecule has 52 heavy (non-hydrogen) atoms. The van der Waals surface area contributed by atoms with Crippen LogP contribution in [-0.4, -0.2) is 37.2 Å². The van der Waals surface area contributed by atoms with Gasteiger partial charge in [0.2, 0.25) is 0 Å². The van der Waals surface area contributed by atoms with Crippen LogP contribution in [0, 0.1) is 5.92 Å². The Morgan fingerprint density at radius 3 is 1.00 bits per heavy atom. The smallest absolute Gasteiger partial charge is 0.306 e. The number of hydrogen-bond donors (Lipinski definition) is 0. The van der Waals surface area contributed by atoms with Crippen LogP contribution in [0.5, 0.6) is 0 Å². The predicted molar refractivity (Wildman–Crippen MR) is 220 cm³/mol. The van der Waals surface area contributed by atoms with Crippen LogP contribution in [-0.2, 0) is 28.6 Å². The number of carbonyl (C=O) groups is 3. The monoisotopic (exact) mass is 737 g/mol. The molecule has 6 heteroatoms. The molecule has 0 heterocycles. The molecule has 0 aliphatic heterocycles. The number of unbranched alkanes of at least 4 members (excludes halogenated alkanes) is 27. The summed E-state index contributed by atoms with van der Waals surface area (Å²) in [5.74, 6) is 0.0334. The lowest BCUT2D eigenvalue weighted by molar-refractivity contribution is -0.167. The molecule has 0 aliphatic carbocycles. The van der Waals surface area contributed by atoms with Crippen LogP contribution in [0.4, 0.5) is 0 Å². The van der Waals surface area contributed by atoms with E-state index in [4.69, 9.17) is 14.2 Å². The molecule has 0 rings (SSSR count). The molecule has 0 N–H and O–H groups in total. The predicted octanol–water partition coefficient (Wildman–Crippen LogP) is 14.3. The first-order valence-electron chi connectivity index (χ1n) is 22.9. The third kappa shape index (κ3) is 38.1. The average Bonchev–Trinajstić information content (AvgIpc) is 3.14. The summed E-state index contributed by atoms with van der Waals surface area (Å²) in [6.07, 6.45) is 39.9. The van der Waals surface area contributed by atoms with Gasteiger partial charge in [-0.3, -0.25) is 14.4 Å². The Bertz CT molecular complexity index is 783. The molecule has 2 atom stereocenters. The number of hydrogen-bond acceptors (Lipinski definition) is 6. The summed E-state index contributed by atoms with van der Waals surface area (Å²) in [4.78, 5) is 37.3. The van der Waals surface area contributed by atoms with Gasteiger partial charge in [0.1, 0.15) is 13.2 Å². The second kappa shape index (κ2) is 40.6. The van der Waals surface area contributed by atoms with E-state index < -0.39 is 6.10 Å². The summed E-state index contributed by atoms with van der Waals surface area (Å²) in [7, 11) is 0. The van der Waals surface area contributed by atoms with E-state index in [0.29, 0.717) is 19.3 Å². The third-order valence-corrected chi connectivity index (χ3v) is 10.7. The van der Waals surface area contributed by atoms with Crippen molar-refractivity contribution in [1.82, 2.24) is 0 Å². The molecule has 0 saturated carbocycles. The second-order valence-electron chi connectivity index (χ2n) is 15.9. The molecule has 0 aromatic carbocycles. The zero-order valence-corrected chi connectivity index (χ0v) is 35.3. The van der Waals surface area contributed by atoms with Crippen molar-refractivity contribution in [2.24, 2.45) is 5.92 Å². The van der Waals surface area contributed by atoms with Gasteiger partial charge in [-0.15, -0.1) is 0 Å². The summed E-state index contributed by atoms with van der Waals surface area (Å²) in [6, 6.07) is 0. The van der Waals surface area contributed by atoms with Gasteiger partial charge >= 0.3 is 17.9 Å². The van der Waals surface area contributed by atoms with E-state index in [1.807, 2.05) is 0 Å². The van der Waals surface area contributed by atoms with Crippen LogP contribution in [0.15, 0.2) is 0 Å². The fourth-order valence-corrected chi connectivity index (χ4v) is 6.77. The van der Waals surface area contributed by atoms with E-state index in [1.54, 1.807) is 0 Å². The van der Waals surface area contributed by atoms with Crippen LogP contribution in [0.25, 0.3) is 0 Å². The van der Waals surface area contributed by atoms with Crippen molar-refractivity contribution in [3.05, 3.63) is 0 Å². The summed E-state index contributed by atoms with van der Waals surface area (Å²) in [5, 5.41) is 0. The molecule has 0 amide bonds. The van der Waals surface area contributed by atoms with Crippen LogP contribution in [0.3, 0.4) is 0 Å². The first-order valence-corrected chi connectivity index (χ1v) is 22.9. The first-order chi connectivity index (χ1) is 25.4. The lowest BCUT2D eigenvalue weighted by atomic mass is 9.99. The van der Waals surface area contributed by atoms with Crippen LogP contribution >= 0.6 is 0 Å². The zero-order valence-electron chi connectivity index (χ0n) is 35.3. The number of ether oxygens (including phenoxy) is 3. The van der Waals surface area contributed by atoms with Crippen molar-refractivity contribution in [3.8, 4) is 0 Å². The molecule has 0 aliphatic rings. The van der Waals surface area contributed by atoms with Gasteiger partial charge in [-0.1, -0.05) is 214 Å². The van der Waals surface area contributed by atoms with E-state index in [2.05, 4.69) is 27.7 Å². The van der Waals surface area contributed by atoms with Gasteiger partial charge in [0, 0.05) is 19.3 Å². The Morgan fingerprint density at radius 2 is 0.673 bits per heavy atom. The van der Waals surface area contributed by atoms with E-state index in [1.165, 1.54) is 141 Å². The van der Waals surface area contributed by atoms with E-state index in [9.17, 15) is 14.4 Å². The molecule has 0 saturated heterocycles. The maximum absolute atomic E-state index is 12.5. The molecular weight excluding hydrogens is 649 g/mol. The fourth-order valence-electron chi connectivity index (χ4n) is 6.77. The van der Waals surface area contributed by atoms with Crippen LogP contribution in [0.1, 0.15) is 252 Å². The minimum atomic E-state index is -0.756. The highest BCUT2D eigenvalue weighted by molar-refractivity contribution is 5.71. The molecule has 308 valence electrons. The van der Waals surface area contributed by atoms with Gasteiger partial charge in [-0.2, -0.15) is 0 Å². The van der Waals surface area contributed by atoms with Crippen LogP contribution in [0.2, 0.25) is 0 Å². The highest BCUT2D eigenvalue weighted by Crippen LogP contribution is 2.17. The minimum Gasteiger partial charge on any atom is -0.462 e. The Balaban J connectivity index is 3.96. The standard InChI is InChI=1S/C46H88O6/c1-5-8-10-12-25-31-35-39-46(49)52-43(40-50-44(47)37-33-28-11-9-6-2)41-51-45(48)38-34-30-27-24-22-20-18-16-14-13-15-17-19-21-23-26-29-32-36-42(4)7-3/h42-43H,5-41H2,1-4H3/t42?,43-/m1/s1. The van der Waals surface area contributed by atoms with Crippen molar-refractivity contribution in [1.29, 1.82) is 0 Å². The van der Waals surface area contributed by atoms with E-state index in [0.717, 1.165) is 70.1 Å². The summed E-state index contributed by atoms with van der Waals surface area (Å²) in [6.45, 7) is 8.93. The van der Waals surface area contributed by atoms with Gasteiger partial charge in [-0.05, 0) is 25.2 Å². The molecular formula is C46H88O6. The second-order valence-corrected chi connectivity index (χ2v) is 15.9. The van der Waals surface area contributed by atoms with Gasteiger partial charge in [-0.25, -0.2) is 0 Å². The molecule has 0 spiro atoms. The molecule has 1 unspecified atom stereocenters. The van der Waals surface area contributed by atoms with Crippen molar-refractivity contribution in [2.45, 2.75) is 259 Å². The zero-order chi connectivity index (χ0) is 38.2. The lowest BCUT2D eigenvalue weighted by Crippen LogP contribution is -2.30. The summed E-state index contributed by atoms with van der Waals surface area (Å²) in [5.41, 5.74) is 0. The number of esters is 3. The van der Waals surface area contributed by atoms with Gasteiger partial charge in [0.15, 0.2) is 6.10 Å². The summed E-state index contributed by atoms with van der Waals surface area (Å²) < 4.78 is 16.5.